The number of benzene rings is 1. The minimum absolute atomic E-state index is 0.0798. The minimum Gasteiger partial charge on any atom is -0.289 e. The molecule has 0 fully saturated rings. The molecule has 0 N–H and O–H groups in total. The number of carbonyl (C=O) groups excluding carboxylic acids is 2. The average Bonchev–Trinajstić information content (AvgIpc) is 2.35. The van der Waals surface area contributed by atoms with Crippen molar-refractivity contribution in [1.29, 1.82) is 0 Å². The third kappa shape index (κ3) is 2.89. The van der Waals surface area contributed by atoms with Crippen LogP contribution in [-0.4, -0.2) is 11.6 Å². The van der Waals surface area contributed by atoms with Crippen LogP contribution in [0.2, 0.25) is 0 Å². The summed E-state index contributed by atoms with van der Waals surface area (Å²) < 4.78 is 0. The van der Waals surface area contributed by atoms with Gasteiger partial charge in [-0.3, -0.25) is 9.59 Å². The molecule has 0 saturated heterocycles. The van der Waals surface area contributed by atoms with Crippen molar-refractivity contribution in [2.75, 3.05) is 0 Å². The predicted molar refractivity (Wildman–Crippen MR) is 64.8 cm³/mol. The van der Waals surface area contributed by atoms with Crippen molar-refractivity contribution in [3.63, 3.8) is 0 Å². The fraction of sp³-hybridized carbons (Fsp3) is 0. The van der Waals surface area contributed by atoms with Crippen LogP contribution < -0.4 is 0 Å². The van der Waals surface area contributed by atoms with Crippen LogP contribution in [0.15, 0.2) is 61.2 Å². The second-order valence-electron chi connectivity index (χ2n) is 3.11. The van der Waals surface area contributed by atoms with Crippen molar-refractivity contribution in [3.05, 3.63) is 66.8 Å². The second kappa shape index (κ2) is 5.61. The fourth-order valence-electron chi connectivity index (χ4n) is 1.20. The van der Waals surface area contributed by atoms with E-state index >= 15 is 0 Å². The van der Waals surface area contributed by atoms with Gasteiger partial charge in [0.05, 0.1) is 5.57 Å². The fourth-order valence-corrected chi connectivity index (χ4v) is 1.20. The first kappa shape index (κ1) is 11.9. The maximum Gasteiger partial charge on any atom is 0.189 e. The summed E-state index contributed by atoms with van der Waals surface area (Å²) in [5, 5.41) is 0. The van der Waals surface area contributed by atoms with Crippen LogP contribution in [0.5, 0.6) is 0 Å². The van der Waals surface area contributed by atoms with Crippen molar-refractivity contribution in [2.45, 2.75) is 0 Å². The largest absolute Gasteiger partial charge is 0.289 e. The molecule has 0 unspecified atom stereocenters. The molecule has 16 heavy (non-hydrogen) atoms. The van der Waals surface area contributed by atoms with Crippen LogP contribution in [0.25, 0.3) is 6.08 Å². The number of hydrogen-bond donors (Lipinski definition) is 0. The molecule has 1 aromatic carbocycles. The Labute approximate surface area is 94.6 Å². The maximum absolute atomic E-state index is 11.5. The lowest BCUT2D eigenvalue weighted by Crippen LogP contribution is -2.07. The molecule has 0 radical (unpaired) electrons. The van der Waals surface area contributed by atoms with Crippen LogP contribution in [-0.2, 0) is 9.59 Å². The predicted octanol–water partition coefficient (Wildman–Crippen LogP) is 2.58. The molecule has 80 valence electrons. The molecule has 2 heteroatoms. The molecule has 0 spiro atoms. The van der Waals surface area contributed by atoms with E-state index in [2.05, 4.69) is 13.2 Å². The SMILES string of the molecule is C=CC(=O)C(=Cc1ccccc1)C(=O)C=C. The Bertz CT molecular complexity index is 431. The zero-order valence-electron chi connectivity index (χ0n) is 8.85. The standard InChI is InChI=1S/C14H12O2/c1-3-13(15)12(14(16)4-2)10-11-8-6-5-7-9-11/h3-10H,1-2H2. The highest BCUT2D eigenvalue weighted by molar-refractivity contribution is 6.29. The molecular formula is C14H12O2. The van der Waals surface area contributed by atoms with Crippen LogP contribution in [0.4, 0.5) is 0 Å². The first-order chi connectivity index (χ1) is 7.69. The lowest BCUT2D eigenvalue weighted by atomic mass is 10.0. The van der Waals surface area contributed by atoms with E-state index in [-0.39, 0.29) is 5.57 Å². The molecule has 1 aromatic rings. The first-order valence-corrected chi connectivity index (χ1v) is 4.79. The highest BCUT2D eigenvalue weighted by Crippen LogP contribution is 2.09. The van der Waals surface area contributed by atoms with Gasteiger partial charge in [-0.1, -0.05) is 43.5 Å². The van der Waals surface area contributed by atoms with Gasteiger partial charge in [-0.2, -0.15) is 0 Å². The summed E-state index contributed by atoms with van der Waals surface area (Å²) >= 11 is 0. The van der Waals surface area contributed by atoms with Gasteiger partial charge in [0.1, 0.15) is 0 Å². The number of allylic oxidation sites excluding steroid dienone is 3. The third-order valence-corrected chi connectivity index (χ3v) is 2.01. The van der Waals surface area contributed by atoms with Gasteiger partial charge in [0, 0.05) is 0 Å². The summed E-state index contributed by atoms with van der Waals surface area (Å²) in [6, 6.07) is 9.15. The monoisotopic (exact) mass is 212 g/mol. The zero-order valence-corrected chi connectivity index (χ0v) is 8.85. The number of hydrogen-bond acceptors (Lipinski definition) is 2. The average molecular weight is 212 g/mol. The second-order valence-corrected chi connectivity index (χ2v) is 3.11. The molecule has 0 aromatic heterocycles. The number of rotatable bonds is 5. The number of ketones is 2. The van der Waals surface area contributed by atoms with Crippen LogP contribution in [0.1, 0.15) is 5.56 Å². The van der Waals surface area contributed by atoms with Gasteiger partial charge >= 0.3 is 0 Å². The van der Waals surface area contributed by atoms with Crippen molar-refractivity contribution in [1.82, 2.24) is 0 Å². The Morgan fingerprint density at radius 3 is 1.88 bits per heavy atom. The normalized spacial score (nSPS) is 9.00. The molecule has 0 saturated carbocycles. The summed E-state index contributed by atoms with van der Waals surface area (Å²) in [5.41, 5.74) is 0.874. The van der Waals surface area contributed by atoms with Gasteiger partial charge in [0.2, 0.25) is 0 Å². The Kier molecular flexibility index (Phi) is 4.16. The van der Waals surface area contributed by atoms with Crippen LogP contribution >= 0.6 is 0 Å². The van der Waals surface area contributed by atoms with Crippen molar-refractivity contribution in [3.8, 4) is 0 Å². The Morgan fingerprint density at radius 1 is 0.938 bits per heavy atom. The smallest absolute Gasteiger partial charge is 0.189 e. The highest BCUT2D eigenvalue weighted by Gasteiger charge is 2.12. The lowest BCUT2D eigenvalue weighted by Gasteiger charge is -1.99. The van der Waals surface area contributed by atoms with E-state index in [0.717, 1.165) is 17.7 Å². The maximum atomic E-state index is 11.5. The van der Waals surface area contributed by atoms with E-state index in [1.165, 1.54) is 6.08 Å². The van der Waals surface area contributed by atoms with Crippen molar-refractivity contribution in [2.24, 2.45) is 0 Å². The topological polar surface area (TPSA) is 34.1 Å². The molecule has 0 aliphatic heterocycles. The lowest BCUT2D eigenvalue weighted by molar-refractivity contribution is -0.116. The molecule has 0 bridgehead atoms. The highest BCUT2D eigenvalue weighted by atomic mass is 16.1. The molecule has 1 rings (SSSR count). The molecule has 2 nitrogen and oxygen atoms in total. The first-order valence-electron chi connectivity index (χ1n) is 4.79. The van der Waals surface area contributed by atoms with Gasteiger partial charge in [-0.25, -0.2) is 0 Å². The Morgan fingerprint density at radius 2 is 1.44 bits per heavy atom. The van der Waals surface area contributed by atoms with Crippen LogP contribution in [0, 0.1) is 0 Å². The van der Waals surface area contributed by atoms with Gasteiger partial charge < -0.3 is 0 Å². The van der Waals surface area contributed by atoms with Gasteiger partial charge in [-0.15, -0.1) is 0 Å². The van der Waals surface area contributed by atoms with Crippen LogP contribution in [0.3, 0.4) is 0 Å². The summed E-state index contributed by atoms with van der Waals surface area (Å²) in [6.07, 6.45) is 3.78. The molecule has 0 amide bonds. The van der Waals surface area contributed by atoms with E-state index in [4.69, 9.17) is 0 Å². The van der Waals surface area contributed by atoms with Gasteiger partial charge in [0.25, 0.3) is 0 Å². The molecule has 0 atom stereocenters. The minimum atomic E-state index is -0.395. The number of carbonyl (C=O) groups is 2. The van der Waals surface area contributed by atoms with E-state index in [0.29, 0.717) is 0 Å². The van der Waals surface area contributed by atoms with E-state index in [1.807, 2.05) is 30.3 Å². The summed E-state index contributed by atoms with van der Waals surface area (Å²) in [4.78, 5) is 22.9. The Balaban J connectivity index is 3.16. The Hall–Kier alpha value is -2.22. The molecule has 0 aliphatic rings. The van der Waals surface area contributed by atoms with E-state index in [9.17, 15) is 9.59 Å². The van der Waals surface area contributed by atoms with Gasteiger partial charge in [0.15, 0.2) is 11.6 Å². The zero-order chi connectivity index (χ0) is 12.0. The summed E-state index contributed by atoms with van der Waals surface area (Å²) in [6.45, 7) is 6.73. The van der Waals surface area contributed by atoms with Crippen molar-refractivity contribution < 1.29 is 9.59 Å². The summed E-state index contributed by atoms with van der Waals surface area (Å²) in [7, 11) is 0. The third-order valence-electron chi connectivity index (χ3n) is 2.01. The molecule has 0 heterocycles. The quantitative estimate of drug-likeness (QED) is 0.427. The van der Waals surface area contributed by atoms with E-state index < -0.39 is 11.6 Å². The van der Waals surface area contributed by atoms with E-state index in [1.54, 1.807) is 0 Å². The summed E-state index contributed by atoms with van der Waals surface area (Å²) in [5.74, 6) is -0.789. The van der Waals surface area contributed by atoms with Crippen molar-refractivity contribution >= 4 is 17.6 Å². The molecule has 0 aliphatic carbocycles. The molecular weight excluding hydrogens is 200 g/mol. The van der Waals surface area contributed by atoms with Gasteiger partial charge in [-0.05, 0) is 23.8 Å².